The van der Waals surface area contributed by atoms with Crippen molar-refractivity contribution in [1.29, 1.82) is 0 Å². The van der Waals surface area contributed by atoms with Crippen LogP contribution in [0, 0.1) is 0 Å². The number of rotatable bonds is 5. The van der Waals surface area contributed by atoms with E-state index in [2.05, 4.69) is 46.6 Å². The summed E-state index contributed by atoms with van der Waals surface area (Å²) in [6, 6.07) is 17.0. The molecule has 0 aliphatic heterocycles. The quantitative estimate of drug-likeness (QED) is 0.405. The normalized spacial score (nSPS) is 11.8. The minimum absolute atomic E-state index is 0.209. The molecule has 0 fully saturated rings. The van der Waals surface area contributed by atoms with E-state index in [4.69, 9.17) is 16.6 Å². The second-order valence-electron chi connectivity index (χ2n) is 7.28. The number of nitrogens with zero attached hydrogens (tertiary/aromatic N) is 2. The van der Waals surface area contributed by atoms with Gasteiger partial charge in [0.15, 0.2) is 10.7 Å². The van der Waals surface area contributed by atoms with Gasteiger partial charge in [-0.25, -0.2) is 4.98 Å². The predicted octanol–water partition coefficient (Wildman–Crippen LogP) is 5.53. The monoisotopic (exact) mass is 430 g/mol. The molecule has 6 nitrogen and oxygen atoms in total. The van der Waals surface area contributed by atoms with Crippen molar-refractivity contribution >= 4 is 40.0 Å². The summed E-state index contributed by atoms with van der Waals surface area (Å²) in [6.07, 6.45) is 4.17. The molecule has 0 saturated carbocycles. The lowest BCUT2D eigenvalue weighted by molar-refractivity contribution is 0.0977. The largest absolute Gasteiger partial charge is 0.436 e. The third-order valence-electron chi connectivity index (χ3n) is 5.13. The van der Waals surface area contributed by atoms with E-state index in [1.807, 2.05) is 30.3 Å². The van der Waals surface area contributed by atoms with Crippen molar-refractivity contribution < 1.29 is 9.21 Å². The third-order valence-corrected chi connectivity index (χ3v) is 5.34. The summed E-state index contributed by atoms with van der Waals surface area (Å²) in [6.45, 7) is 4.38. The Morgan fingerprint density at radius 3 is 2.68 bits per heavy atom. The van der Waals surface area contributed by atoms with Crippen LogP contribution in [0.25, 0.3) is 22.6 Å². The van der Waals surface area contributed by atoms with Crippen LogP contribution in [0.15, 0.2) is 71.4 Å². The molecule has 0 aliphatic rings. The maximum absolute atomic E-state index is 12.2. The summed E-state index contributed by atoms with van der Waals surface area (Å²) < 4.78 is 5.92. The van der Waals surface area contributed by atoms with Gasteiger partial charge in [0, 0.05) is 23.6 Å². The first-order valence-corrected chi connectivity index (χ1v) is 10.5. The highest BCUT2D eigenvalue weighted by molar-refractivity contribution is 7.80. The highest BCUT2D eigenvalue weighted by Gasteiger charge is 2.12. The number of thiocarbonyl (C=S) groups is 1. The molecule has 1 amide bonds. The molecule has 0 bridgehead atoms. The molecule has 2 heterocycles. The average Bonchev–Trinajstić information content (AvgIpc) is 3.23. The summed E-state index contributed by atoms with van der Waals surface area (Å²) in [5.74, 6) is 0.734. The van der Waals surface area contributed by atoms with Crippen molar-refractivity contribution in [2.45, 2.75) is 26.2 Å². The minimum Gasteiger partial charge on any atom is -0.436 e. The van der Waals surface area contributed by atoms with Crippen LogP contribution in [0.2, 0.25) is 0 Å². The molecular formula is C24H22N4O2S. The van der Waals surface area contributed by atoms with Gasteiger partial charge >= 0.3 is 0 Å². The van der Waals surface area contributed by atoms with Crippen molar-refractivity contribution in [2.24, 2.45) is 0 Å². The molecule has 2 N–H and O–H groups in total. The van der Waals surface area contributed by atoms with Crippen LogP contribution in [0.1, 0.15) is 42.1 Å². The number of pyridine rings is 1. The summed E-state index contributed by atoms with van der Waals surface area (Å²) in [5.41, 5.74) is 4.93. The molecule has 0 saturated heterocycles. The fourth-order valence-electron chi connectivity index (χ4n) is 3.14. The summed E-state index contributed by atoms with van der Waals surface area (Å²) in [4.78, 5) is 20.7. The van der Waals surface area contributed by atoms with E-state index in [1.165, 1.54) is 11.8 Å². The Hall–Kier alpha value is -3.58. The highest BCUT2D eigenvalue weighted by Crippen LogP contribution is 2.28. The van der Waals surface area contributed by atoms with Crippen molar-refractivity contribution in [3.8, 4) is 11.5 Å². The van der Waals surface area contributed by atoms with Gasteiger partial charge in [-0.3, -0.25) is 15.1 Å². The molecule has 0 aliphatic carbocycles. The zero-order valence-electron chi connectivity index (χ0n) is 17.3. The number of amides is 1. The van der Waals surface area contributed by atoms with E-state index in [0.29, 0.717) is 17.4 Å². The summed E-state index contributed by atoms with van der Waals surface area (Å²) in [7, 11) is 0. The second-order valence-corrected chi connectivity index (χ2v) is 7.69. The smallest absolute Gasteiger partial charge is 0.258 e. The van der Waals surface area contributed by atoms with Gasteiger partial charge in [-0.05, 0) is 78.7 Å². The van der Waals surface area contributed by atoms with Gasteiger partial charge in [-0.15, -0.1) is 0 Å². The lowest BCUT2D eigenvalue weighted by Crippen LogP contribution is -2.34. The van der Waals surface area contributed by atoms with Gasteiger partial charge in [0.2, 0.25) is 5.89 Å². The second kappa shape index (κ2) is 9.06. The van der Waals surface area contributed by atoms with E-state index in [9.17, 15) is 4.79 Å². The number of aromatic nitrogens is 2. The Kier molecular flexibility index (Phi) is 6.04. The molecule has 7 heteroatoms. The number of benzene rings is 2. The number of nitrogens with one attached hydrogen (secondary N) is 2. The summed E-state index contributed by atoms with van der Waals surface area (Å²) >= 11 is 5.23. The molecule has 0 spiro atoms. The zero-order chi connectivity index (χ0) is 21.8. The minimum atomic E-state index is -0.314. The maximum Gasteiger partial charge on any atom is 0.258 e. The van der Waals surface area contributed by atoms with Crippen molar-refractivity contribution in [3.63, 3.8) is 0 Å². The van der Waals surface area contributed by atoms with E-state index < -0.39 is 0 Å². The molecule has 0 unspecified atom stereocenters. The van der Waals surface area contributed by atoms with Crippen LogP contribution < -0.4 is 10.6 Å². The van der Waals surface area contributed by atoms with Crippen molar-refractivity contribution in [3.05, 3.63) is 78.1 Å². The molecule has 2 aromatic heterocycles. The fourth-order valence-corrected chi connectivity index (χ4v) is 3.35. The standard InChI is InChI=1S/C24H22N4O2S/c1-3-15(2)17-8-11-21-20(13-17)27-23(30-21)16-6-9-19(10-7-16)26-24(31)28-22(29)18-5-4-12-25-14-18/h4-15H,3H2,1-2H3,(H2,26,28,29,31)/t15-/m1/s1. The maximum atomic E-state index is 12.2. The van der Waals surface area contributed by atoms with E-state index in [-0.39, 0.29) is 11.0 Å². The van der Waals surface area contributed by atoms with Crippen molar-refractivity contribution in [2.75, 3.05) is 5.32 Å². The number of anilines is 1. The Balaban J connectivity index is 1.44. The van der Waals surface area contributed by atoms with Gasteiger partial charge in [0.25, 0.3) is 5.91 Å². The Bertz CT molecular complexity index is 1220. The third kappa shape index (κ3) is 4.78. The van der Waals surface area contributed by atoms with Gasteiger partial charge in [0.1, 0.15) is 5.52 Å². The number of hydrogen-bond donors (Lipinski definition) is 2. The molecule has 4 rings (SSSR count). The molecule has 4 aromatic rings. The summed E-state index contributed by atoms with van der Waals surface area (Å²) in [5, 5.41) is 5.85. The fraction of sp³-hybridized carbons (Fsp3) is 0.167. The zero-order valence-corrected chi connectivity index (χ0v) is 18.1. The topological polar surface area (TPSA) is 80.0 Å². The number of hydrogen-bond acceptors (Lipinski definition) is 5. The first-order chi connectivity index (χ1) is 15.0. The Morgan fingerprint density at radius 2 is 1.97 bits per heavy atom. The van der Waals surface area contributed by atoms with Crippen LogP contribution >= 0.6 is 12.2 Å². The van der Waals surface area contributed by atoms with E-state index >= 15 is 0 Å². The van der Waals surface area contributed by atoms with E-state index in [1.54, 1.807) is 18.3 Å². The van der Waals surface area contributed by atoms with Crippen LogP contribution in [0.4, 0.5) is 5.69 Å². The molecule has 0 radical (unpaired) electrons. The van der Waals surface area contributed by atoms with Crippen LogP contribution in [0.3, 0.4) is 0 Å². The van der Waals surface area contributed by atoms with Crippen LogP contribution in [0.5, 0.6) is 0 Å². The highest BCUT2D eigenvalue weighted by atomic mass is 32.1. The van der Waals surface area contributed by atoms with Crippen LogP contribution in [-0.4, -0.2) is 21.0 Å². The first-order valence-electron chi connectivity index (χ1n) is 10.1. The lowest BCUT2D eigenvalue weighted by atomic mass is 9.98. The number of fused-ring (bicyclic) bond motifs is 1. The number of carbonyl (C=O) groups excluding carboxylic acids is 1. The van der Waals surface area contributed by atoms with Crippen LogP contribution in [-0.2, 0) is 0 Å². The predicted molar refractivity (Wildman–Crippen MR) is 126 cm³/mol. The van der Waals surface area contributed by atoms with Gasteiger partial charge in [0.05, 0.1) is 5.56 Å². The molecular weight excluding hydrogens is 408 g/mol. The Morgan fingerprint density at radius 1 is 1.16 bits per heavy atom. The van der Waals surface area contributed by atoms with Gasteiger partial charge < -0.3 is 9.73 Å². The molecule has 31 heavy (non-hydrogen) atoms. The van der Waals surface area contributed by atoms with Gasteiger partial charge in [-0.2, -0.15) is 0 Å². The molecule has 2 aromatic carbocycles. The van der Waals surface area contributed by atoms with Gasteiger partial charge in [-0.1, -0.05) is 19.9 Å². The first kappa shape index (κ1) is 20.7. The lowest BCUT2D eigenvalue weighted by Gasteiger charge is -2.09. The average molecular weight is 431 g/mol. The number of oxazole rings is 1. The molecule has 156 valence electrons. The van der Waals surface area contributed by atoms with Crippen molar-refractivity contribution in [1.82, 2.24) is 15.3 Å². The SMILES string of the molecule is CC[C@@H](C)c1ccc2oc(-c3ccc(NC(=S)NC(=O)c4cccnc4)cc3)nc2c1. The van der Waals surface area contributed by atoms with E-state index in [0.717, 1.165) is 28.8 Å². The number of carbonyl (C=O) groups is 1. The Labute approximate surface area is 185 Å². The molecule has 1 atom stereocenters.